The number of aliphatic hydroxyl groups is 1. The largest absolute Gasteiger partial charge is 0.507 e. The fourth-order valence-corrected chi connectivity index (χ4v) is 3.92. The van der Waals surface area contributed by atoms with Gasteiger partial charge in [0, 0.05) is 5.56 Å². The van der Waals surface area contributed by atoms with Gasteiger partial charge in [-0.2, -0.15) is 0 Å². The van der Waals surface area contributed by atoms with Crippen LogP contribution in [0.25, 0.3) is 5.70 Å². The van der Waals surface area contributed by atoms with Crippen molar-refractivity contribution in [2.24, 2.45) is 4.99 Å². The second kappa shape index (κ2) is 5.74. The molecule has 0 spiro atoms. The maximum absolute atomic E-state index is 11.5. The molecule has 4 heteroatoms. The molecule has 0 aromatic heterocycles. The quantitative estimate of drug-likeness (QED) is 0.671. The van der Waals surface area contributed by atoms with Crippen molar-refractivity contribution in [1.29, 1.82) is 0 Å². The number of benzene rings is 3. The summed E-state index contributed by atoms with van der Waals surface area (Å²) < 4.78 is 0. The molecular formula is C23H19N3O. The summed E-state index contributed by atoms with van der Waals surface area (Å²) in [5.74, 6) is 0.960. The van der Waals surface area contributed by atoms with Gasteiger partial charge >= 0.3 is 0 Å². The number of fused-ring (bicyclic) bond motifs is 3. The number of guanidine groups is 1. The number of nitrogens with zero attached hydrogens (tertiary/aromatic N) is 2. The molecular weight excluding hydrogens is 334 g/mol. The summed E-state index contributed by atoms with van der Waals surface area (Å²) in [6.45, 7) is 2.04. The van der Waals surface area contributed by atoms with Crippen molar-refractivity contribution in [2.45, 2.75) is 12.5 Å². The zero-order valence-electron chi connectivity index (χ0n) is 14.9. The summed E-state index contributed by atoms with van der Waals surface area (Å²) in [5.41, 5.74) is 3.70. The number of para-hydroxylation sites is 2. The molecule has 0 fully saturated rings. The molecule has 0 bridgehead atoms. The van der Waals surface area contributed by atoms with Gasteiger partial charge < -0.3 is 10.4 Å². The van der Waals surface area contributed by atoms with Gasteiger partial charge in [0.2, 0.25) is 5.96 Å². The van der Waals surface area contributed by atoms with Crippen LogP contribution in [0.2, 0.25) is 0 Å². The van der Waals surface area contributed by atoms with Crippen molar-refractivity contribution in [1.82, 2.24) is 0 Å². The normalized spacial score (nSPS) is 20.6. The molecule has 2 N–H and O–H groups in total. The van der Waals surface area contributed by atoms with Crippen molar-refractivity contribution in [3.63, 3.8) is 0 Å². The maximum Gasteiger partial charge on any atom is 0.209 e. The van der Waals surface area contributed by atoms with Crippen molar-refractivity contribution in [3.8, 4) is 0 Å². The fraction of sp³-hybridized carbons (Fsp3) is 0.0870. The lowest BCUT2D eigenvalue weighted by Crippen LogP contribution is -2.51. The SMILES string of the molecule is CC1(c2ccccc2)C(O)=C(c2ccccc2)N=C2Nc3ccccc3N21. The third-order valence-electron chi connectivity index (χ3n) is 5.34. The topological polar surface area (TPSA) is 47.9 Å². The Morgan fingerprint density at radius 1 is 0.852 bits per heavy atom. The highest BCUT2D eigenvalue weighted by Crippen LogP contribution is 2.49. The van der Waals surface area contributed by atoms with Gasteiger partial charge in [-0.05, 0) is 24.6 Å². The molecule has 1 atom stereocenters. The second-order valence-electron chi connectivity index (χ2n) is 6.91. The van der Waals surface area contributed by atoms with E-state index in [9.17, 15) is 5.11 Å². The molecule has 2 aliphatic heterocycles. The zero-order chi connectivity index (χ0) is 18.4. The first-order chi connectivity index (χ1) is 13.2. The van der Waals surface area contributed by atoms with Gasteiger partial charge in [0.05, 0.1) is 11.4 Å². The first kappa shape index (κ1) is 15.7. The second-order valence-corrected chi connectivity index (χ2v) is 6.91. The Hall–Kier alpha value is -3.53. The summed E-state index contributed by atoms with van der Waals surface area (Å²) in [6, 6.07) is 28.0. The van der Waals surface area contributed by atoms with Crippen molar-refractivity contribution >= 4 is 23.0 Å². The Morgan fingerprint density at radius 3 is 2.22 bits per heavy atom. The van der Waals surface area contributed by atoms with Gasteiger partial charge in [-0.1, -0.05) is 72.8 Å². The standard InChI is InChI=1S/C23H19N3O/c1-23(17-12-6-3-7-13-17)21(27)20(16-10-4-2-5-11-16)25-22-24-18-14-8-9-15-19(18)26(22)23/h2-15,27H,1H3,(H,24,25). The number of rotatable bonds is 2. The maximum atomic E-state index is 11.5. The molecule has 3 aromatic rings. The van der Waals surface area contributed by atoms with Crippen LogP contribution in [0.3, 0.4) is 0 Å². The molecule has 0 radical (unpaired) electrons. The molecule has 4 nitrogen and oxygen atoms in total. The van der Waals surface area contributed by atoms with E-state index < -0.39 is 5.54 Å². The van der Waals surface area contributed by atoms with Gasteiger partial charge in [-0.15, -0.1) is 0 Å². The van der Waals surface area contributed by atoms with Crippen LogP contribution in [0.4, 0.5) is 11.4 Å². The third kappa shape index (κ3) is 2.20. The number of hydrogen-bond donors (Lipinski definition) is 2. The summed E-state index contributed by atoms with van der Waals surface area (Å²) in [6.07, 6.45) is 0. The van der Waals surface area contributed by atoms with Crippen LogP contribution in [-0.2, 0) is 5.54 Å². The lowest BCUT2D eigenvalue weighted by atomic mass is 9.84. The predicted octanol–water partition coefficient (Wildman–Crippen LogP) is 5.13. The minimum absolute atomic E-state index is 0.238. The van der Waals surface area contributed by atoms with Gasteiger partial charge in [0.25, 0.3) is 0 Å². The lowest BCUT2D eigenvalue weighted by molar-refractivity contribution is 0.312. The molecule has 2 aliphatic rings. The van der Waals surface area contributed by atoms with Crippen LogP contribution in [0.1, 0.15) is 18.1 Å². The number of aliphatic imine (C=N–C) groups is 1. The van der Waals surface area contributed by atoms with Gasteiger partial charge in [0.15, 0.2) is 0 Å². The van der Waals surface area contributed by atoms with E-state index >= 15 is 0 Å². The summed E-state index contributed by atoms with van der Waals surface area (Å²) >= 11 is 0. The van der Waals surface area contributed by atoms with E-state index in [1.807, 2.05) is 91.9 Å². The Balaban J connectivity index is 1.79. The fourth-order valence-electron chi connectivity index (χ4n) is 3.92. The Morgan fingerprint density at radius 2 is 1.48 bits per heavy atom. The van der Waals surface area contributed by atoms with Crippen LogP contribution >= 0.6 is 0 Å². The van der Waals surface area contributed by atoms with Crippen LogP contribution in [0, 0.1) is 0 Å². The average Bonchev–Trinajstić information content (AvgIpc) is 3.11. The monoisotopic (exact) mass is 353 g/mol. The van der Waals surface area contributed by atoms with Gasteiger partial charge in [-0.25, -0.2) is 4.99 Å². The van der Waals surface area contributed by atoms with E-state index in [0.29, 0.717) is 5.70 Å². The number of anilines is 2. The third-order valence-corrected chi connectivity index (χ3v) is 5.34. The molecule has 2 heterocycles. The minimum atomic E-state index is -0.775. The van der Waals surface area contributed by atoms with Crippen LogP contribution < -0.4 is 10.2 Å². The molecule has 27 heavy (non-hydrogen) atoms. The first-order valence-corrected chi connectivity index (χ1v) is 8.99. The molecule has 5 rings (SSSR count). The van der Waals surface area contributed by atoms with E-state index in [2.05, 4.69) is 10.2 Å². The highest BCUT2D eigenvalue weighted by molar-refractivity contribution is 6.18. The highest BCUT2D eigenvalue weighted by atomic mass is 16.3. The lowest BCUT2D eigenvalue weighted by Gasteiger charge is -2.42. The summed E-state index contributed by atoms with van der Waals surface area (Å²) in [4.78, 5) is 6.87. The van der Waals surface area contributed by atoms with Crippen molar-refractivity contribution in [2.75, 3.05) is 10.2 Å². The van der Waals surface area contributed by atoms with Crippen LogP contribution in [-0.4, -0.2) is 11.1 Å². The molecule has 0 amide bonds. The van der Waals surface area contributed by atoms with E-state index in [1.165, 1.54) is 0 Å². The summed E-state index contributed by atoms with van der Waals surface area (Å²) in [5, 5.41) is 14.9. The molecule has 0 aliphatic carbocycles. The van der Waals surface area contributed by atoms with E-state index in [4.69, 9.17) is 4.99 Å². The predicted molar refractivity (Wildman–Crippen MR) is 110 cm³/mol. The summed E-state index contributed by atoms with van der Waals surface area (Å²) in [7, 11) is 0. The zero-order valence-corrected chi connectivity index (χ0v) is 14.9. The Labute approximate surface area is 158 Å². The number of nitrogens with one attached hydrogen (secondary N) is 1. The van der Waals surface area contributed by atoms with Crippen molar-refractivity contribution in [3.05, 3.63) is 102 Å². The van der Waals surface area contributed by atoms with Crippen LogP contribution in [0.15, 0.2) is 95.7 Å². The molecule has 3 aromatic carbocycles. The van der Waals surface area contributed by atoms with Crippen molar-refractivity contribution < 1.29 is 5.11 Å². The Kier molecular flexibility index (Phi) is 3.34. The van der Waals surface area contributed by atoms with Gasteiger partial charge in [0.1, 0.15) is 17.0 Å². The van der Waals surface area contributed by atoms with Crippen LogP contribution in [0.5, 0.6) is 0 Å². The van der Waals surface area contributed by atoms with Gasteiger partial charge in [-0.3, -0.25) is 4.90 Å². The first-order valence-electron chi connectivity index (χ1n) is 8.99. The number of hydrogen-bond acceptors (Lipinski definition) is 4. The average molecular weight is 353 g/mol. The highest BCUT2D eigenvalue weighted by Gasteiger charge is 2.48. The molecule has 1 unspecified atom stereocenters. The molecule has 0 saturated heterocycles. The van der Waals surface area contributed by atoms with E-state index in [1.54, 1.807) is 0 Å². The molecule has 0 saturated carbocycles. The minimum Gasteiger partial charge on any atom is -0.507 e. The number of aliphatic hydroxyl groups excluding tert-OH is 1. The Bertz CT molecular complexity index is 1070. The smallest absolute Gasteiger partial charge is 0.209 e. The van der Waals surface area contributed by atoms with E-state index in [-0.39, 0.29) is 5.76 Å². The van der Waals surface area contributed by atoms with E-state index in [0.717, 1.165) is 28.5 Å². The molecule has 132 valence electrons.